The minimum Gasteiger partial charge on any atom is -0.368 e. The second-order valence-electron chi connectivity index (χ2n) is 8.79. The molecule has 0 radical (unpaired) electrons. The van der Waals surface area contributed by atoms with E-state index >= 15 is 0 Å². The predicted octanol–water partition coefficient (Wildman–Crippen LogP) is 3.06. The van der Waals surface area contributed by atoms with Gasteiger partial charge in [-0.1, -0.05) is 0 Å². The Morgan fingerprint density at radius 1 is 0.800 bits per heavy atom. The van der Waals surface area contributed by atoms with E-state index < -0.39 is 0 Å². The number of rotatable bonds is 4. The van der Waals surface area contributed by atoms with Gasteiger partial charge in [0.05, 0.1) is 4.92 Å². The first-order valence-corrected chi connectivity index (χ1v) is 10.9. The molecule has 0 amide bonds. The largest absolute Gasteiger partial charge is 0.368 e. The molecule has 7 nitrogen and oxygen atoms in total. The molecule has 0 aliphatic carbocycles. The van der Waals surface area contributed by atoms with E-state index in [1.54, 1.807) is 12.1 Å². The van der Waals surface area contributed by atoms with E-state index in [4.69, 9.17) is 0 Å². The molecule has 3 aliphatic heterocycles. The summed E-state index contributed by atoms with van der Waals surface area (Å²) in [7, 11) is 2.23. The quantitative estimate of drug-likeness (QED) is 0.574. The molecule has 3 heterocycles. The number of benzene rings is 2. The van der Waals surface area contributed by atoms with Gasteiger partial charge in [-0.25, -0.2) is 0 Å². The summed E-state index contributed by atoms with van der Waals surface area (Å²) in [5.41, 5.74) is 3.83. The van der Waals surface area contributed by atoms with Crippen LogP contribution in [0.1, 0.15) is 6.42 Å². The van der Waals surface area contributed by atoms with Gasteiger partial charge in [0.15, 0.2) is 0 Å². The van der Waals surface area contributed by atoms with Crippen LogP contribution in [-0.2, 0) is 0 Å². The number of likely N-dealkylation sites (N-methyl/N-ethyl adjacent to an activating group) is 1. The molecule has 0 N–H and O–H groups in total. The van der Waals surface area contributed by atoms with Crippen molar-refractivity contribution in [2.45, 2.75) is 12.5 Å². The summed E-state index contributed by atoms with van der Waals surface area (Å²) in [5, 5.41) is 10.8. The summed E-state index contributed by atoms with van der Waals surface area (Å²) in [6.07, 6.45) is 1.31. The van der Waals surface area contributed by atoms with Crippen LogP contribution in [0.3, 0.4) is 0 Å². The van der Waals surface area contributed by atoms with Gasteiger partial charge in [0.25, 0.3) is 5.69 Å². The lowest BCUT2D eigenvalue weighted by molar-refractivity contribution is -0.384. The summed E-state index contributed by atoms with van der Waals surface area (Å²) >= 11 is 0. The van der Waals surface area contributed by atoms with Gasteiger partial charge in [-0.05, 0) is 55.8 Å². The number of fused-ring (bicyclic) bond motifs is 1. The molecule has 0 unspecified atom stereocenters. The molecule has 3 aliphatic rings. The highest BCUT2D eigenvalue weighted by molar-refractivity contribution is 5.59. The van der Waals surface area contributed by atoms with Crippen molar-refractivity contribution in [2.24, 2.45) is 5.92 Å². The molecular weight excluding hydrogens is 378 g/mol. The lowest BCUT2D eigenvalue weighted by Gasteiger charge is -2.37. The number of nitro benzene ring substituents is 1. The Morgan fingerprint density at radius 3 is 1.90 bits per heavy atom. The highest BCUT2D eigenvalue weighted by Crippen LogP contribution is 2.35. The molecule has 30 heavy (non-hydrogen) atoms. The first-order valence-electron chi connectivity index (χ1n) is 10.9. The average molecular weight is 408 g/mol. The predicted molar refractivity (Wildman–Crippen MR) is 121 cm³/mol. The molecule has 0 saturated carbocycles. The van der Waals surface area contributed by atoms with Crippen LogP contribution in [0.15, 0.2) is 48.5 Å². The van der Waals surface area contributed by atoms with Gasteiger partial charge < -0.3 is 19.6 Å². The normalized spacial score (nSPS) is 24.4. The van der Waals surface area contributed by atoms with Gasteiger partial charge in [0.2, 0.25) is 0 Å². The molecule has 2 aromatic carbocycles. The highest BCUT2D eigenvalue weighted by atomic mass is 16.6. The topological polar surface area (TPSA) is 56.1 Å². The molecule has 158 valence electrons. The van der Waals surface area contributed by atoms with Gasteiger partial charge in [0.1, 0.15) is 0 Å². The summed E-state index contributed by atoms with van der Waals surface area (Å²) in [6, 6.07) is 16.7. The Morgan fingerprint density at radius 2 is 1.33 bits per heavy atom. The summed E-state index contributed by atoms with van der Waals surface area (Å²) < 4.78 is 0. The van der Waals surface area contributed by atoms with Crippen molar-refractivity contribution in [3.05, 3.63) is 58.6 Å². The molecule has 3 saturated heterocycles. The van der Waals surface area contributed by atoms with Gasteiger partial charge in [-0.15, -0.1) is 0 Å². The smallest absolute Gasteiger partial charge is 0.269 e. The van der Waals surface area contributed by atoms with Crippen LogP contribution in [0.25, 0.3) is 0 Å². The van der Waals surface area contributed by atoms with Crippen LogP contribution in [0, 0.1) is 16.0 Å². The van der Waals surface area contributed by atoms with E-state index in [1.165, 1.54) is 37.4 Å². The van der Waals surface area contributed by atoms with Gasteiger partial charge in [-0.2, -0.15) is 0 Å². The van der Waals surface area contributed by atoms with Crippen LogP contribution in [0.5, 0.6) is 0 Å². The van der Waals surface area contributed by atoms with Crippen molar-refractivity contribution in [1.29, 1.82) is 0 Å². The third-order valence-electron chi connectivity index (χ3n) is 6.98. The average Bonchev–Trinajstić information content (AvgIpc) is 3.33. The Kier molecular flexibility index (Phi) is 4.98. The Bertz CT molecular complexity index is 893. The molecule has 2 atom stereocenters. The van der Waals surface area contributed by atoms with E-state index in [9.17, 15) is 10.1 Å². The van der Waals surface area contributed by atoms with E-state index in [0.29, 0.717) is 6.04 Å². The summed E-state index contributed by atoms with van der Waals surface area (Å²) in [6.45, 7) is 7.33. The van der Waals surface area contributed by atoms with Crippen molar-refractivity contribution in [1.82, 2.24) is 4.90 Å². The number of nitro groups is 1. The number of anilines is 3. The summed E-state index contributed by atoms with van der Waals surface area (Å²) in [4.78, 5) is 20.3. The van der Waals surface area contributed by atoms with Crippen molar-refractivity contribution in [2.75, 3.05) is 67.6 Å². The number of hydrogen-bond acceptors (Lipinski definition) is 6. The van der Waals surface area contributed by atoms with Crippen LogP contribution in [0.4, 0.5) is 22.7 Å². The number of piperazine rings is 1. The molecule has 3 fully saturated rings. The minimum atomic E-state index is -0.349. The lowest BCUT2D eigenvalue weighted by Crippen LogP contribution is -2.46. The molecule has 2 aromatic rings. The first kappa shape index (κ1) is 19.2. The SMILES string of the molecule is CN1C[C@H]2CCN(c3ccc(N4CCN(c5ccc([N+](=O)[O-])cc5)CC4)cc3)[C@H]2C1. The fraction of sp³-hybridized carbons (Fsp3) is 0.478. The van der Waals surface area contributed by atoms with E-state index in [-0.39, 0.29) is 10.6 Å². The first-order chi connectivity index (χ1) is 14.6. The van der Waals surface area contributed by atoms with Crippen LogP contribution in [-0.4, -0.2) is 68.7 Å². The monoisotopic (exact) mass is 407 g/mol. The van der Waals surface area contributed by atoms with Crippen LogP contribution < -0.4 is 14.7 Å². The van der Waals surface area contributed by atoms with Crippen molar-refractivity contribution in [3.8, 4) is 0 Å². The number of nitrogens with zero attached hydrogens (tertiary/aromatic N) is 5. The molecule has 0 bridgehead atoms. The Hall–Kier alpha value is -2.80. The fourth-order valence-electron chi connectivity index (χ4n) is 5.36. The third kappa shape index (κ3) is 3.58. The standard InChI is InChI=1S/C23H29N5O2/c1-24-16-18-10-11-27(23(18)17-24)21-6-2-19(3-7-21)25-12-14-26(15-13-25)20-4-8-22(9-5-20)28(29)30/h2-9,18,23H,10-17H2,1H3/t18-,23+/m1/s1. The Labute approximate surface area is 177 Å². The highest BCUT2D eigenvalue weighted by Gasteiger charge is 2.40. The minimum absolute atomic E-state index is 0.144. The maximum absolute atomic E-state index is 10.8. The zero-order valence-corrected chi connectivity index (χ0v) is 17.5. The second-order valence-corrected chi connectivity index (χ2v) is 8.79. The maximum Gasteiger partial charge on any atom is 0.269 e. The van der Waals surface area contributed by atoms with E-state index in [2.05, 4.69) is 50.9 Å². The third-order valence-corrected chi connectivity index (χ3v) is 6.98. The summed E-state index contributed by atoms with van der Waals surface area (Å²) in [5.74, 6) is 0.821. The van der Waals surface area contributed by atoms with Crippen molar-refractivity contribution >= 4 is 22.7 Å². The fourth-order valence-corrected chi connectivity index (χ4v) is 5.36. The van der Waals surface area contributed by atoms with E-state index in [0.717, 1.165) is 37.8 Å². The van der Waals surface area contributed by atoms with Crippen molar-refractivity contribution in [3.63, 3.8) is 0 Å². The lowest BCUT2D eigenvalue weighted by atomic mass is 10.0. The maximum atomic E-state index is 10.8. The number of non-ortho nitro benzene ring substituents is 1. The molecule has 5 rings (SSSR count). The Balaban J connectivity index is 1.20. The van der Waals surface area contributed by atoms with E-state index in [1.807, 2.05) is 12.1 Å². The van der Waals surface area contributed by atoms with Gasteiger partial charge >= 0.3 is 0 Å². The van der Waals surface area contributed by atoms with Crippen LogP contribution in [0.2, 0.25) is 0 Å². The van der Waals surface area contributed by atoms with Gasteiger partial charge in [0, 0.05) is 81.1 Å². The van der Waals surface area contributed by atoms with Crippen molar-refractivity contribution < 1.29 is 4.92 Å². The number of likely N-dealkylation sites (tertiary alicyclic amines) is 1. The zero-order valence-electron chi connectivity index (χ0n) is 17.5. The second kappa shape index (κ2) is 7.80. The molecule has 7 heteroatoms. The number of hydrogen-bond donors (Lipinski definition) is 0. The van der Waals surface area contributed by atoms with Crippen LogP contribution >= 0.6 is 0 Å². The molecule has 0 spiro atoms. The molecule has 0 aromatic heterocycles. The van der Waals surface area contributed by atoms with Gasteiger partial charge in [-0.3, -0.25) is 10.1 Å². The zero-order chi connectivity index (χ0) is 20.7. The molecular formula is C23H29N5O2.